The maximum atomic E-state index is 12.2. The second-order valence-electron chi connectivity index (χ2n) is 6.79. The first kappa shape index (κ1) is 19.0. The molecule has 1 aliphatic heterocycles. The molecule has 0 atom stereocenters. The standard InChI is InChI=1S/C21H26N2O4/c1-2-4-16-6-8-18(9-7-16)27-15-20(24)22-17-10-12-23(13-11-17)21(25)19-5-3-14-26-19/h3,5-9,14,17H,2,4,10-13,15H2,1H3,(H,22,24). The molecule has 0 bridgehead atoms. The first-order chi connectivity index (χ1) is 13.2. The Labute approximate surface area is 159 Å². The quantitative estimate of drug-likeness (QED) is 0.813. The number of nitrogens with zero attached hydrogens (tertiary/aromatic N) is 1. The van der Waals surface area contributed by atoms with E-state index < -0.39 is 0 Å². The average molecular weight is 370 g/mol. The lowest BCUT2D eigenvalue weighted by atomic mass is 10.0. The molecule has 1 aromatic heterocycles. The summed E-state index contributed by atoms with van der Waals surface area (Å²) in [6.45, 7) is 3.35. The van der Waals surface area contributed by atoms with Gasteiger partial charge in [-0.25, -0.2) is 0 Å². The van der Waals surface area contributed by atoms with Crippen LogP contribution in [0.15, 0.2) is 47.1 Å². The highest BCUT2D eigenvalue weighted by atomic mass is 16.5. The van der Waals surface area contributed by atoms with Gasteiger partial charge in [0.25, 0.3) is 11.8 Å². The molecule has 2 heterocycles. The number of piperidine rings is 1. The minimum absolute atomic E-state index is 0.00132. The van der Waals surface area contributed by atoms with Crippen molar-refractivity contribution < 1.29 is 18.7 Å². The van der Waals surface area contributed by atoms with Gasteiger partial charge in [-0.15, -0.1) is 0 Å². The summed E-state index contributed by atoms with van der Waals surface area (Å²) in [4.78, 5) is 26.1. The smallest absolute Gasteiger partial charge is 0.289 e. The lowest BCUT2D eigenvalue weighted by Gasteiger charge is -2.31. The summed E-state index contributed by atoms with van der Waals surface area (Å²) < 4.78 is 10.7. The molecule has 0 unspecified atom stereocenters. The molecule has 0 aliphatic carbocycles. The van der Waals surface area contributed by atoms with Crippen LogP contribution in [0.2, 0.25) is 0 Å². The molecule has 2 amide bonds. The Bertz CT molecular complexity index is 732. The van der Waals surface area contributed by atoms with E-state index in [4.69, 9.17) is 9.15 Å². The van der Waals surface area contributed by atoms with Crippen molar-refractivity contribution in [3.63, 3.8) is 0 Å². The van der Waals surface area contributed by atoms with Gasteiger partial charge in [-0.2, -0.15) is 0 Å². The zero-order valence-corrected chi connectivity index (χ0v) is 15.6. The molecular weight excluding hydrogens is 344 g/mol. The number of amides is 2. The highest BCUT2D eigenvalue weighted by molar-refractivity contribution is 5.91. The third-order valence-electron chi connectivity index (χ3n) is 4.71. The Morgan fingerprint density at radius 3 is 2.56 bits per heavy atom. The third-order valence-corrected chi connectivity index (χ3v) is 4.71. The van der Waals surface area contributed by atoms with Crippen LogP contribution in [0.4, 0.5) is 0 Å². The van der Waals surface area contributed by atoms with E-state index in [0.29, 0.717) is 24.6 Å². The fourth-order valence-electron chi connectivity index (χ4n) is 3.24. The summed E-state index contributed by atoms with van der Waals surface area (Å²) in [7, 11) is 0. The molecule has 1 aliphatic rings. The van der Waals surface area contributed by atoms with Crippen molar-refractivity contribution in [3.8, 4) is 5.75 Å². The van der Waals surface area contributed by atoms with Crippen molar-refractivity contribution >= 4 is 11.8 Å². The number of benzene rings is 1. The molecule has 6 heteroatoms. The number of hydrogen-bond acceptors (Lipinski definition) is 4. The number of carbonyl (C=O) groups is 2. The number of nitrogens with one attached hydrogen (secondary N) is 1. The molecule has 27 heavy (non-hydrogen) atoms. The molecule has 3 rings (SSSR count). The van der Waals surface area contributed by atoms with E-state index in [1.165, 1.54) is 11.8 Å². The number of aryl methyl sites for hydroxylation is 1. The number of carbonyl (C=O) groups excluding carboxylic acids is 2. The number of likely N-dealkylation sites (tertiary alicyclic amines) is 1. The van der Waals surface area contributed by atoms with Gasteiger partial charge < -0.3 is 19.4 Å². The summed E-state index contributed by atoms with van der Waals surface area (Å²) in [6.07, 6.45) is 5.10. The number of furan rings is 1. The van der Waals surface area contributed by atoms with E-state index in [0.717, 1.165) is 25.7 Å². The van der Waals surface area contributed by atoms with Gasteiger partial charge in [-0.3, -0.25) is 9.59 Å². The van der Waals surface area contributed by atoms with Crippen molar-refractivity contribution in [2.45, 2.75) is 38.6 Å². The first-order valence-electron chi connectivity index (χ1n) is 9.49. The van der Waals surface area contributed by atoms with Crippen LogP contribution in [0, 0.1) is 0 Å². The van der Waals surface area contributed by atoms with Gasteiger partial charge in [-0.1, -0.05) is 25.5 Å². The molecule has 144 valence electrons. The molecule has 1 aromatic carbocycles. The highest BCUT2D eigenvalue weighted by Crippen LogP contribution is 2.15. The number of ether oxygens (including phenoxy) is 1. The molecular formula is C21H26N2O4. The van der Waals surface area contributed by atoms with Gasteiger partial charge >= 0.3 is 0 Å². The molecule has 0 spiro atoms. The predicted molar refractivity (Wildman–Crippen MR) is 102 cm³/mol. The minimum atomic E-state index is -0.136. The Morgan fingerprint density at radius 1 is 1.19 bits per heavy atom. The Kier molecular flexibility index (Phi) is 6.52. The Hall–Kier alpha value is -2.76. The molecule has 1 N–H and O–H groups in total. The lowest BCUT2D eigenvalue weighted by Crippen LogP contribution is -2.47. The normalized spacial score (nSPS) is 14.8. The van der Waals surface area contributed by atoms with E-state index in [9.17, 15) is 9.59 Å². The molecule has 1 saturated heterocycles. The van der Waals surface area contributed by atoms with Gasteiger partial charge in [0.15, 0.2) is 12.4 Å². The highest BCUT2D eigenvalue weighted by Gasteiger charge is 2.25. The maximum absolute atomic E-state index is 12.2. The molecule has 0 radical (unpaired) electrons. The number of hydrogen-bond donors (Lipinski definition) is 1. The van der Waals surface area contributed by atoms with Crippen LogP contribution >= 0.6 is 0 Å². The molecule has 1 fully saturated rings. The summed E-state index contributed by atoms with van der Waals surface area (Å²) in [5.74, 6) is 0.822. The van der Waals surface area contributed by atoms with Crippen LogP contribution in [-0.4, -0.2) is 42.5 Å². The van der Waals surface area contributed by atoms with Gasteiger partial charge in [0.2, 0.25) is 0 Å². The first-order valence-corrected chi connectivity index (χ1v) is 9.49. The minimum Gasteiger partial charge on any atom is -0.484 e. The van der Waals surface area contributed by atoms with E-state index in [1.807, 2.05) is 24.3 Å². The van der Waals surface area contributed by atoms with Crippen molar-refractivity contribution in [3.05, 3.63) is 54.0 Å². The summed E-state index contributed by atoms with van der Waals surface area (Å²) >= 11 is 0. The topological polar surface area (TPSA) is 71.8 Å². The summed E-state index contributed by atoms with van der Waals surface area (Å²) in [6, 6.07) is 11.3. The van der Waals surface area contributed by atoms with Crippen LogP contribution < -0.4 is 10.1 Å². The van der Waals surface area contributed by atoms with Gasteiger partial charge in [0.1, 0.15) is 5.75 Å². The van der Waals surface area contributed by atoms with Gasteiger partial charge in [0, 0.05) is 19.1 Å². The van der Waals surface area contributed by atoms with Crippen molar-refractivity contribution in [2.75, 3.05) is 19.7 Å². The zero-order valence-electron chi connectivity index (χ0n) is 15.6. The number of rotatable bonds is 7. The second kappa shape index (κ2) is 9.26. The van der Waals surface area contributed by atoms with E-state index in [1.54, 1.807) is 17.0 Å². The molecule has 6 nitrogen and oxygen atoms in total. The fraction of sp³-hybridized carbons (Fsp3) is 0.429. The van der Waals surface area contributed by atoms with E-state index >= 15 is 0 Å². The second-order valence-corrected chi connectivity index (χ2v) is 6.79. The monoisotopic (exact) mass is 370 g/mol. The average Bonchev–Trinajstić information content (AvgIpc) is 3.23. The van der Waals surface area contributed by atoms with Gasteiger partial charge in [0.05, 0.1) is 6.26 Å². The predicted octanol–water partition coefficient (Wildman–Crippen LogP) is 3.03. The third kappa shape index (κ3) is 5.36. The van der Waals surface area contributed by atoms with Crippen LogP contribution in [0.3, 0.4) is 0 Å². The van der Waals surface area contributed by atoms with Crippen LogP contribution in [0.5, 0.6) is 5.75 Å². The van der Waals surface area contributed by atoms with Crippen LogP contribution in [0.1, 0.15) is 42.3 Å². The van der Waals surface area contributed by atoms with E-state index in [-0.39, 0.29) is 24.5 Å². The maximum Gasteiger partial charge on any atom is 0.289 e. The Morgan fingerprint density at radius 2 is 1.93 bits per heavy atom. The molecule has 0 saturated carbocycles. The van der Waals surface area contributed by atoms with Crippen LogP contribution in [-0.2, 0) is 11.2 Å². The van der Waals surface area contributed by atoms with Crippen molar-refractivity contribution in [1.82, 2.24) is 10.2 Å². The SMILES string of the molecule is CCCc1ccc(OCC(=O)NC2CCN(C(=O)c3ccco3)CC2)cc1. The zero-order chi connectivity index (χ0) is 19.1. The fourth-order valence-corrected chi connectivity index (χ4v) is 3.24. The largest absolute Gasteiger partial charge is 0.484 e. The van der Waals surface area contributed by atoms with Gasteiger partial charge in [-0.05, 0) is 49.1 Å². The molecule has 2 aromatic rings. The summed E-state index contributed by atoms with van der Waals surface area (Å²) in [5, 5.41) is 2.99. The van der Waals surface area contributed by atoms with Crippen molar-refractivity contribution in [2.24, 2.45) is 0 Å². The summed E-state index contributed by atoms with van der Waals surface area (Å²) in [5.41, 5.74) is 1.27. The lowest BCUT2D eigenvalue weighted by molar-refractivity contribution is -0.124. The van der Waals surface area contributed by atoms with Crippen molar-refractivity contribution in [1.29, 1.82) is 0 Å². The Balaban J connectivity index is 1.38. The van der Waals surface area contributed by atoms with Crippen LogP contribution in [0.25, 0.3) is 0 Å². The van der Waals surface area contributed by atoms with E-state index in [2.05, 4.69) is 12.2 Å².